The number of carbonyl (C=O) groups is 1. The highest BCUT2D eigenvalue weighted by atomic mass is 35.5. The summed E-state index contributed by atoms with van der Waals surface area (Å²) in [5.41, 5.74) is 0.943. The summed E-state index contributed by atoms with van der Waals surface area (Å²) in [6, 6.07) is 11.1. The van der Waals surface area contributed by atoms with E-state index in [-0.39, 0.29) is 5.91 Å². The Bertz CT molecular complexity index is 766. The van der Waals surface area contributed by atoms with Crippen molar-refractivity contribution in [3.05, 3.63) is 59.8 Å². The SMILES string of the molecule is O=C(CCn1cncn1)NCc1ccc(-c2ccc(Cl)cc2)o1. The number of nitrogens with zero attached hydrogens (tertiary/aromatic N) is 3. The summed E-state index contributed by atoms with van der Waals surface area (Å²) in [4.78, 5) is 15.6. The van der Waals surface area contributed by atoms with Gasteiger partial charge in [0.05, 0.1) is 13.1 Å². The molecular weight excluding hydrogens is 316 g/mol. The molecule has 0 aliphatic heterocycles. The van der Waals surface area contributed by atoms with Crippen LogP contribution in [0.15, 0.2) is 53.5 Å². The molecule has 0 fully saturated rings. The summed E-state index contributed by atoms with van der Waals surface area (Å²) in [5, 5.41) is 7.45. The van der Waals surface area contributed by atoms with Gasteiger partial charge in [-0.1, -0.05) is 11.6 Å². The Kier molecular flexibility index (Phi) is 4.73. The number of hydrogen-bond acceptors (Lipinski definition) is 4. The number of rotatable bonds is 6. The van der Waals surface area contributed by atoms with E-state index in [0.29, 0.717) is 30.3 Å². The van der Waals surface area contributed by atoms with Crippen LogP contribution in [-0.2, 0) is 17.9 Å². The number of furan rings is 1. The number of benzene rings is 1. The highest BCUT2D eigenvalue weighted by Crippen LogP contribution is 2.23. The molecule has 0 atom stereocenters. The Balaban J connectivity index is 1.50. The molecule has 0 aliphatic rings. The van der Waals surface area contributed by atoms with E-state index < -0.39 is 0 Å². The highest BCUT2D eigenvalue weighted by Gasteiger charge is 2.07. The summed E-state index contributed by atoms with van der Waals surface area (Å²) < 4.78 is 7.34. The quantitative estimate of drug-likeness (QED) is 0.754. The van der Waals surface area contributed by atoms with Crippen LogP contribution in [0, 0.1) is 0 Å². The lowest BCUT2D eigenvalue weighted by atomic mass is 10.2. The van der Waals surface area contributed by atoms with E-state index in [2.05, 4.69) is 15.4 Å². The Labute approximate surface area is 138 Å². The molecular formula is C16H15ClN4O2. The first kappa shape index (κ1) is 15.3. The van der Waals surface area contributed by atoms with E-state index >= 15 is 0 Å². The molecule has 1 N–H and O–H groups in total. The molecule has 0 spiro atoms. The molecule has 2 heterocycles. The van der Waals surface area contributed by atoms with Gasteiger partial charge in [0.1, 0.15) is 24.2 Å². The van der Waals surface area contributed by atoms with E-state index in [0.717, 1.165) is 11.3 Å². The van der Waals surface area contributed by atoms with Gasteiger partial charge in [-0.2, -0.15) is 5.10 Å². The molecule has 3 rings (SSSR count). The van der Waals surface area contributed by atoms with Gasteiger partial charge >= 0.3 is 0 Å². The van der Waals surface area contributed by atoms with Crippen molar-refractivity contribution >= 4 is 17.5 Å². The van der Waals surface area contributed by atoms with Gasteiger partial charge in [-0.15, -0.1) is 0 Å². The number of carbonyl (C=O) groups excluding carboxylic acids is 1. The van der Waals surface area contributed by atoms with Gasteiger partial charge in [-0.3, -0.25) is 9.48 Å². The van der Waals surface area contributed by atoms with Gasteiger partial charge < -0.3 is 9.73 Å². The third kappa shape index (κ3) is 4.20. The van der Waals surface area contributed by atoms with E-state index in [9.17, 15) is 4.79 Å². The molecule has 23 heavy (non-hydrogen) atoms. The van der Waals surface area contributed by atoms with Crippen LogP contribution >= 0.6 is 11.6 Å². The monoisotopic (exact) mass is 330 g/mol. The van der Waals surface area contributed by atoms with Crippen molar-refractivity contribution in [1.82, 2.24) is 20.1 Å². The molecule has 2 aromatic heterocycles. The lowest BCUT2D eigenvalue weighted by molar-refractivity contribution is -0.121. The summed E-state index contributed by atoms with van der Waals surface area (Å²) in [6.45, 7) is 0.851. The predicted octanol–water partition coefficient (Wildman–Crippen LogP) is 2.90. The third-order valence-electron chi connectivity index (χ3n) is 3.28. The minimum Gasteiger partial charge on any atom is -0.459 e. The average Bonchev–Trinajstić information content (AvgIpc) is 3.23. The zero-order valence-electron chi connectivity index (χ0n) is 12.3. The second-order valence-electron chi connectivity index (χ2n) is 4.96. The van der Waals surface area contributed by atoms with Crippen LogP contribution < -0.4 is 5.32 Å². The topological polar surface area (TPSA) is 73.0 Å². The number of halogens is 1. The molecule has 1 aromatic carbocycles. The Morgan fingerprint density at radius 1 is 1.22 bits per heavy atom. The van der Waals surface area contributed by atoms with E-state index in [1.807, 2.05) is 36.4 Å². The van der Waals surface area contributed by atoms with Crippen molar-refractivity contribution in [3.8, 4) is 11.3 Å². The lowest BCUT2D eigenvalue weighted by Crippen LogP contribution is -2.23. The minimum atomic E-state index is -0.0649. The number of amides is 1. The third-order valence-corrected chi connectivity index (χ3v) is 3.54. The molecule has 0 unspecified atom stereocenters. The summed E-state index contributed by atoms with van der Waals surface area (Å²) in [7, 11) is 0. The van der Waals surface area contributed by atoms with E-state index in [4.69, 9.17) is 16.0 Å². The number of aryl methyl sites for hydroxylation is 1. The smallest absolute Gasteiger partial charge is 0.222 e. The van der Waals surface area contributed by atoms with Crippen LogP contribution in [0.4, 0.5) is 0 Å². The maximum absolute atomic E-state index is 11.8. The maximum atomic E-state index is 11.8. The van der Waals surface area contributed by atoms with Crippen LogP contribution in [0.25, 0.3) is 11.3 Å². The zero-order chi connectivity index (χ0) is 16.1. The zero-order valence-corrected chi connectivity index (χ0v) is 13.0. The fourth-order valence-electron chi connectivity index (χ4n) is 2.08. The van der Waals surface area contributed by atoms with Gasteiger partial charge in [0, 0.05) is 17.0 Å². The average molecular weight is 331 g/mol. The van der Waals surface area contributed by atoms with Crippen LogP contribution in [-0.4, -0.2) is 20.7 Å². The summed E-state index contributed by atoms with van der Waals surface area (Å²) in [6.07, 6.45) is 3.37. The second-order valence-corrected chi connectivity index (χ2v) is 5.39. The number of aromatic nitrogens is 3. The molecule has 0 bridgehead atoms. The van der Waals surface area contributed by atoms with Gasteiger partial charge in [0.2, 0.25) is 5.91 Å². The van der Waals surface area contributed by atoms with E-state index in [1.54, 1.807) is 11.0 Å². The number of hydrogen-bond donors (Lipinski definition) is 1. The van der Waals surface area contributed by atoms with Gasteiger partial charge in [0.25, 0.3) is 0 Å². The first-order valence-corrected chi connectivity index (χ1v) is 7.52. The van der Waals surface area contributed by atoms with Gasteiger partial charge in [-0.25, -0.2) is 4.98 Å². The molecule has 118 valence electrons. The summed E-state index contributed by atoms with van der Waals surface area (Å²) in [5.74, 6) is 1.38. The Hall–Kier alpha value is -2.60. The fourth-order valence-corrected chi connectivity index (χ4v) is 2.21. The van der Waals surface area contributed by atoms with Crippen LogP contribution in [0.2, 0.25) is 5.02 Å². The molecule has 7 heteroatoms. The molecule has 3 aromatic rings. The van der Waals surface area contributed by atoms with Crippen LogP contribution in [0.3, 0.4) is 0 Å². The molecule has 0 radical (unpaired) electrons. The minimum absolute atomic E-state index is 0.0649. The van der Waals surface area contributed by atoms with Crippen molar-refractivity contribution in [3.63, 3.8) is 0 Å². The van der Waals surface area contributed by atoms with Crippen LogP contribution in [0.1, 0.15) is 12.2 Å². The Morgan fingerprint density at radius 3 is 2.78 bits per heavy atom. The Morgan fingerprint density at radius 2 is 2.04 bits per heavy atom. The van der Waals surface area contributed by atoms with Crippen LogP contribution in [0.5, 0.6) is 0 Å². The molecule has 0 saturated carbocycles. The first-order chi connectivity index (χ1) is 11.2. The highest BCUT2D eigenvalue weighted by molar-refractivity contribution is 6.30. The molecule has 1 amide bonds. The normalized spacial score (nSPS) is 10.7. The van der Waals surface area contributed by atoms with Gasteiger partial charge in [0.15, 0.2) is 0 Å². The standard InChI is InChI=1S/C16H15ClN4O2/c17-13-3-1-12(2-4-13)15-6-5-14(23-15)9-19-16(22)7-8-21-11-18-10-20-21/h1-6,10-11H,7-9H2,(H,19,22). The summed E-state index contributed by atoms with van der Waals surface area (Å²) >= 11 is 5.87. The second kappa shape index (κ2) is 7.11. The van der Waals surface area contributed by atoms with Crippen molar-refractivity contribution in [2.45, 2.75) is 19.5 Å². The number of nitrogens with one attached hydrogen (secondary N) is 1. The predicted molar refractivity (Wildman–Crippen MR) is 85.6 cm³/mol. The van der Waals surface area contributed by atoms with Crippen molar-refractivity contribution in [2.75, 3.05) is 0 Å². The largest absolute Gasteiger partial charge is 0.459 e. The first-order valence-electron chi connectivity index (χ1n) is 7.14. The molecule has 0 saturated heterocycles. The van der Waals surface area contributed by atoms with Crippen molar-refractivity contribution < 1.29 is 9.21 Å². The molecule has 0 aliphatic carbocycles. The van der Waals surface area contributed by atoms with Crippen molar-refractivity contribution in [2.24, 2.45) is 0 Å². The lowest BCUT2D eigenvalue weighted by Gasteiger charge is -2.03. The fraction of sp³-hybridized carbons (Fsp3) is 0.188. The molecule has 6 nitrogen and oxygen atoms in total. The van der Waals surface area contributed by atoms with Gasteiger partial charge in [-0.05, 0) is 36.4 Å². The maximum Gasteiger partial charge on any atom is 0.222 e. The van der Waals surface area contributed by atoms with Crippen molar-refractivity contribution in [1.29, 1.82) is 0 Å². The van der Waals surface area contributed by atoms with E-state index in [1.165, 1.54) is 6.33 Å².